The Hall–Kier alpha value is -1.46. The summed E-state index contributed by atoms with van der Waals surface area (Å²) in [4.78, 5) is 23.9. The number of hydrogen-bond donors (Lipinski definition) is 2. The van der Waals surface area contributed by atoms with Crippen molar-refractivity contribution in [3.05, 3.63) is 33.8 Å². The number of nitrogens with one attached hydrogen (secondary N) is 1. The molecule has 7 heteroatoms. The molecule has 0 aliphatic heterocycles. The SMILES string of the molecule is CC(c1ccc(Cl)cc1Cl)N(C)C(=O)NCCCC(=O)O. The molecule has 0 fully saturated rings. The van der Waals surface area contributed by atoms with Crippen LogP contribution in [0.2, 0.25) is 10.0 Å². The Morgan fingerprint density at radius 1 is 1.38 bits per heavy atom. The third-order valence-corrected chi connectivity index (χ3v) is 3.72. The number of rotatable bonds is 6. The first-order valence-electron chi connectivity index (χ1n) is 6.50. The number of carboxylic acid groups (broad SMARTS) is 1. The fourth-order valence-corrected chi connectivity index (χ4v) is 2.35. The van der Waals surface area contributed by atoms with Crippen molar-refractivity contribution in [1.82, 2.24) is 10.2 Å². The van der Waals surface area contributed by atoms with E-state index < -0.39 is 5.97 Å². The highest BCUT2D eigenvalue weighted by atomic mass is 35.5. The molecule has 0 heterocycles. The number of carboxylic acids is 1. The van der Waals surface area contributed by atoms with Gasteiger partial charge in [-0.1, -0.05) is 29.3 Å². The minimum atomic E-state index is -0.876. The van der Waals surface area contributed by atoms with Crippen LogP contribution in [0.15, 0.2) is 18.2 Å². The third kappa shape index (κ3) is 5.44. The Labute approximate surface area is 133 Å². The van der Waals surface area contributed by atoms with Gasteiger partial charge in [-0.2, -0.15) is 0 Å². The quantitative estimate of drug-likeness (QED) is 0.782. The maximum Gasteiger partial charge on any atom is 0.317 e. The zero-order valence-corrected chi connectivity index (χ0v) is 13.4. The molecular formula is C14H18Cl2N2O3. The summed E-state index contributed by atoms with van der Waals surface area (Å²) in [5, 5.41) is 12.2. The van der Waals surface area contributed by atoms with E-state index in [1.165, 1.54) is 4.90 Å². The monoisotopic (exact) mass is 332 g/mol. The summed E-state index contributed by atoms with van der Waals surface area (Å²) in [7, 11) is 1.65. The topological polar surface area (TPSA) is 69.6 Å². The van der Waals surface area contributed by atoms with Crippen LogP contribution in [0.4, 0.5) is 4.79 Å². The minimum Gasteiger partial charge on any atom is -0.481 e. The second kappa shape index (κ2) is 8.10. The molecule has 0 aliphatic carbocycles. The summed E-state index contributed by atoms with van der Waals surface area (Å²) in [5.41, 5.74) is 0.796. The van der Waals surface area contributed by atoms with E-state index in [4.69, 9.17) is 28.3 Å². The van der Waals surface area contributed by atoms with Gasteiger partial charge in [0.1, 0.15) is 0 Å². The summed E-state index contributed by atoms with van der Waals surface area (Å²) in [6.45, 7) is 2.17. The molecule has 1 unspecified atom stereocenters. The van der Waals surface area contributed by atoms with Crippen LogP contribution >= 0.6 is 23.2 Å². The lowest BCUT2D eigenvalue weighted by atomic mass is 10.1. The highest BCUT2D eigenvalue weighted by Gasteiger charge is 2.19. The molecule has 0 saturated heterocycles. The van der Waals surface area contributed by atoms with E-state index in [1.54, 1.807) is 25.2 Å². The lowest BCUT2D eigenvalue weighted by Crippen LogP contribution is -2.39. The summed E-state index contributed by atoms with van der Waals surface area (Å²) < 4.78 is 0. The van der Waals surface area contributed by atoms with Crippen LogP contribution < -0.4 is 5.32 Å². The lowest BCUT2D eigenvalue weighted by Gasteiger charge is -2.26. The van der Waals surface area contributed by atoms with Gasteiger partial charge in [0.2, 0.25) is 0 Å². The summed E-state index contributed by atoms with van der Waals surface area (Å²) in [6, 6.07) is 4.63. The van der Waals surface area contributed by atoms with E-state index in [0.29, 0.717) is 23.0 Å². The second-order valence-corrected chi connectivity index (χ2v) is 5.53. The molecule has 0 radical (unpaired) electrons. The van der Waals surface area contributed by atoms with Crippen molar-refractivity contribution in [2.45, 2.75) is 25.8 Å². The van der Waals surface area contributed by atoms with Crippen LogP contribution in [0.1, 0.15) is 31.4 Å². The highest BCUT2D eigenvalue weighted by Crippen LogP contribution is 2.28. The van der Waals surface area contributed by atoms with E-state index in [-0.39, 0.29) is 18.5 Å². The zero-order chi connectivity index (χ0) is 16.0. The summed E-state index contributed by atoms with van der Waals surface area (Å²) in [6.07, 6.45) is 0.424. The molecule has 0 spiro atoms. The van der Waals surface area contributed by atoms with Crippen LogP contribution in [-0.2, 0) is 4.79 Å². The van der Waals surface area contributed by atoms with E-state index in [0.717, 1.165) is 5.56 Å². The van der Waals surface area contributed by atoms with Gasteiger partial charge >= 0.3 is 12.0 Å². The van der Waals surface area contributed by atoms with E-state index in [2.05, 4.69) is 5.32 Å². The zero-order valence-electron chi connectivity index (χ0n) is 11.9. The van der Waals surface area contributed by atoms with Crippen LogP contribution in [0.3, 0.4) is 0 Å². The van der Waals surface area contributed by atoms with E-state index >= 15 is 0 Å². The Bertz CT molecular complexity index is 523. The molecule has 1 aromatic rings. The molecule has 2 amide bonds. The van der Waals surface area contributed by atoms with Crippen molar-refractivity contribution in [1.29, 1.82) is 0 Å². The molecule has 1 aromatic carbocycles. The van der Waals surface area contributed by atoms with Crippen molar-refractivity contribution in [2.75, 3.05) is 13.6 Å². The summed E-state index contributed by atoms with van der Waals surface area (Å²) in [5.74, 6) is -0.876. The normalized spacial score (nSPS) is 11.8. The fourth-order valence-electron chi connectivity index (χ4n) is 1.78. The molecule has 21 heavy (non-hydrogen) atoms. The predicted molar refractivity (Wildman–Crippen MR) is 82.9 cm³/mol. The van der Waals surface area contributed by atoms with Gasteiger partial charge in [0.05, 0.1) is 6.04 Å². The molecule has 0 aromatic heterocycles. The van der Waals surface area contributed by atoms with Crippen molar-refractivity contribution in [2.24, 2.45) is 0 Å². The van der Waals surface area contributed by atoms with Gasteiger partial charge in [-0.3, -0.25) is 4.79 Å². The standard InChI is InChI=1S/C14H18Cl2N2O3/c1-9(11-6-5-10(15)8-12(11)16)18(2)14(21)17-7-3-4-13(19)20/h5-6,8-9H,3-4,7H2,1-2H3,(H,17,21)(H,19,20). The first-order valence-corrected chi connectivity index (χ1v) is 7.26. The molecule has 0 saturated carbocycles. The number of carbonyl (C=O) groups is 2. The van der Waals surface area contributed by atoms with Gasteiger partial charge in [0, 0.05) is 30.1 Å². The Balaban J connectivity index is 2.58. The van der Waals surface area contributed by atoms with Crippen LogP contribution in [-0.4, -0.2) is 35.6 Å². The number of amides is 2. The van der Waals surface area contributed by atoms with Gasteiger partial charge in [0.25, 0.3) is 0 Å². The molecule has 116 valence electrons. The average Bonchev–Trinajstić information content (AvgIpc) is 2.41. The maximum atomic E-state index is 12.0. The van der Waals surface area contributed by atoms with Gasteiger partial charge in [-0.05, 0) is 31.0 Å². The van der Waals surface area contributed by atoms with Gasteiger partial charge < -0.3 is 15.3 Å². The maximum absolute atomic E-state index is 12.0. The van der Waals surface area contributed by atoms with Crippen molar-refractivity contribution in [3.63, 3.8) is 0 Å². The smallest absolute Gasteiger partial charge is 0.317 e. The van der Waals surface area contributed by atoms with Crippen molar-refractivity contribution in [3.8, 4) is 0 Å². The summed E-state index contributed by atoms with van der Waals surface area (Å²) >= 11 is 12.0. The Kier molecular flexibility index (Phi) is 6.78. The van der Waals surface area contributed by atoms with Gasteiger partial charge in [-0.25, -0.2) is 4.79 Å². The van der Waals surface area contributed by atoms with Gasteiger partial charge in [0.15, 0.2) is 0 Å². The predicted octanol–water partition coefficient (Wildman–Crippen LogP) is 3.56. The van der Waals surface area contributed by atoms with Crippen LogP contribution in [0.25, 0.3) is 0 Å². The first kappa shape index (κ1) is 17.6. The highest BCUT2D eigenvalue weighted by molar-refractivity contribution is 6.35. The lowest BCUT2D eigenvalue weighted by molar-refractivity contribution is -0.137. The number of hydrogen-bond acceptors (Lipinski definition) is 2. The van der Waals surface area contributed by atoms with Gasteiger partial charge in [-0.15, -0.1) is 0 Å². The Morgan fingerprint density at radius 2 is 2.05 bits per heavy atom. The van der Waals surface area contributed by atoms with Crippen molar-refractivity contribution < 1.29 is 14.7 Å². The number of nitrogens with zero attached hydrogens (tertiary/aromatic N) is 1. The second-order valence-electron chi connectivity index (χ2n) is 4.68. The molecule has 2 N–H and O–H groups in total. The van der Waals surface area contributed by atoms with E-state index in [1.807, 2.05) is 6.92 Å². The van der Waals surface area contributed by atoms with Crippen molar-refractivity contribution >= 4 is 35.2 Å². The molecule has 0 aliphatic rings. The molecule has 1 rings (SSSR count). The average molecular weight is 333 g/mol. The number of halogens is 2. The number of aliphatic carboxylic acids is 1. The molecular weight excluding hydrogens is 315 g/mol. The fraction of sp³-hybridized carbons (Fsp3) is 0.429. The molecule has 0 bridgehead atoms. The third-order valence-electron chi connectivity index (χ3n) is 3.16. The molecule has 1 atom stereocenters. The number of carbonyl (C=O) groups excluding carboxylic acids is 1. The Morgan fingerprint density at radius 3 is 2.62 bits per heavy atom. The van der Waals surface area contributed by atoms with Crippen LogP contribution in [0, 0.1) is 0 Å². The number of benzene rings is 1. The first-order chi connectivity index (χ1) is 9.82. The largest absolute Gasteiger partial charge is 0.481 e. The van der Waals surface area contributed by atoms with Crippen LogP contribution in [0.5, 0.6) is 0 Å². The van der Waals surface area contributed by atoms with E-state index in [9.17, 15) is 9.59 Å². The number of urea groups is 1. The minimum absolute atomic E-state index is 0.0303. The molecule has 5 nitrogen and oxygen atoms in total.